The van der Waals surface area contributed by atoms with Crippen LogP contribution in [0.25, 0.3) is 54.4 Å². The van der Waals surface area contributed by atoms with Gasteiger partial charge in [0.15, 0.2) is 0 Å². The van der Waals surface area contributed by atoms with E-state index in [4.69, 9.17) is 0 Å². The molecule has 0 saturated heterocycles. The lowest BCUT2D eigenvalue weighted by atomic mass is 9.80. The summed E-state index contributed by atoms with van der Waals surface area (Å²) in [5.41, 5.74) is 5.67. The molecule has 0 bridgehead atoms. The zero-order chi connectivity index (χ0) is 32.1. The summed E-state index contributed by atoms with van der Waals surface area (Å²) in [5, 5.41) is 3.56. The molecular weight excluding hydrogens is 564 g/mol. The Kier molecular flexibility index (Phi) is 5.14. The summed E-state index contributed by atoms with van der Waals surface area (Å²) in [6.07, 6.45) is 0. The largest absolute Gasteiger partial charge is 0.354 e. The fourth-order valence-electron chi connectivity index (χ4n) is 7.39. The van der Waals surface area contributed by atoms with Gasteiger partial charge in [-0.15, -0.1) is 0 Å². The highest BCUT2D eigenvalue weighted by atomic mass is 16.2. The van der Waals surface area contributed by atoms with E-state index in [1.165, 1.54) is 11.9 Å². The first-order chi connectivity index (χ1) is 21.1. The van der Waals surface area contributed by atoms with Gasteiger partial charge in [0.25, 0.3) is 23.6 Å². The summed E-state index contributed by atoms with van der Waals surface area (Å²) >= 11 is 0. The quantitative estimate of drug-likeness (QED) is 0.191. The lowest BCUT2D eigenvalue weighted by Crippen LogP contribution is -2.42. The zero-order valence-corrected chi connectivity index (χ0v) is 26.7. The number of fused-ring (bicyclic) bond motifs is 10. The molecule has 0 spiro atoms. The van der Waals surface area contributed by atoms with Crippen molar-refractivity contribution in [3.63, 3.8) is 0 Å². The average Bonchev–Trinajstić information content (AvgIpc) is 3.54. The van der Waals surface area contributed by atoms with E-state index in [-0.39, 0.29) is 17.4 Å². The van der Waals surface area contributed by atoms with E-state index in [9.17, 15) is 19.2 Å². The van der Waals surface area contributed by atoms with E-state index in [0.717, 1.165) is 37.8 Å². The van der Waals surface area contributed by atoms with E-state index >= 15 is 0 Å². The molecule has 2 aliphatic heterocycles. The fraction of sp³-hybridized carbons (Fsp3) is 0.297. The summed E-state index contributed by atoms with van der Waals surface area (Å²) in [4.78, 5) is 66.5. The molecule has 2 aromatic heterocycles. The first kappa shape index (κ1) is 27.6. The molecule has 0 aliphatic carbocycles. The minimum absolute atomic E-state index is 0.169. The Morgan fingerprint density at radius 1 is 0.578 bits per heavy atom. The number of nitrogens with one attached hydrogen (secondary N) is 2. The Bertz CT molecular complexity index is 2260. The number of carbonyl (C=O) groups is 4. The van der Waals surface area contributed by atoms with Crippen molar-refractivity contribution in [2.45, 2.75) is 59.3 Å². The number of rotatable bonds is 1. The number of nitrogens with zero attached hydrogens (tertiary/aromatic N) is 2. The van der Waals surface area contributed by atoms with Crippen molar-refractivity contribution < 1.29 is 19.2 Å². The van der Waals surface area contributed by atoms with Gasteiger partial charge in [-0.3, -0.25) is 29.0 Å². The second-order valence-electron chi connectivity index (χ2n) is 14.5. The van der Waals surface area contributed by atoms with Crippen LogP contribution in [0.4, 0.5) is 0 Å². The number of aromatic nitrogens is 2. The van der Waals surface area contributed by atoms with Gasteiger partial charge in [0, 0.05) is 56.9 Å². The van der Waals surface area contributed by atoms with E-state index < -0.39 is 23.6 Å². The monoisotopic (exact) mass is 598 g/mol. The van der Waals surface area contributed by atoms with Crippen LogP contribution in [0, 0.1) is 0 Å². The van der Waals surface area contributed by atoms with Crippen molar-refractivity contribution in [3.8, 4) is 0 Å². The molecule has 2 aliphatic rings. The number of amides is 4. The molecule has 6 aromatic rings. The van der Waals surface area contributed by atoms with Gasteiger partial charge in [-0.1, -0.05) is 53.7 Å². The van der Waals surface area contributed by atoms with E-state index in [2.05, 4.69) is 75.8 Å². The number of aromatic amines is 2. The van der Waals surface area contributed by atoms with Gasteiger partial charge in [0.2, 0.25) is 0 Å². The topological polar surface area (TPSA) is 106 Å². The van der Waals surface area contributed by atoms with Crippen molar-refractivity contribution in [1.82, 2.24) is 19.8 Å². The minimum Gasteiger partial charge on any atom is -0.354 e. The molecule has 226 valence electrons. The molecule has 8 nitrogen and oxygen atoms in total. The van der Waals surface area contributed by atoms with Gasteiger partial charge >= 0.3 is 0 Å². The van der Waals surface area contributed by atoms with Gasteiger partial charge in [-0.05, 0) is 53.1 Å². The SMILES string of the molecule is CCN1C(=O)c2c3c(c4c([nH]c5ccc(C(C)(C)C)cc54)c4c3c(c3[nH]c5ccc(C(C)(C)C)cc5c23)C(=O)N(C)C4=O)C1=O. The van der Waals surface area contributed by atoms with Crippen LogP contribution < -0.4 is 0 Å². The van der Waals surface area contributed by atoms with Crippen molar-refractivity contribution in [2.24, 2.45) is 0 Å². The van der Waals surface area contributed by atoms with Crippen LogP contribution in [-0.4, -0.2) is 57.0 Å². The third kappa shape index (κ3) is 3.31. The second-order valence-corrected chi connectivity index (χ2v) is 14.5. The Balaban J connectivity index is 1.72. The fourth-order valence-corrected chi connectivity index (χ4v) is 7.39. The first-order valence-corrected chi connectivity index (χ1v) is 15.4. The molecule has 4 amide bonds. The maximum Gasteiger partial charge on any atom is 0.263 e. The highest BCUT2D eigenvalue weighted by Crippen LogP contribution is 2.49. The summed E-state index contributed by atoms with van der Waals surface area (Å²) in [6, 6.07) is 12.2. The Morgan fingerprint density at radius 3 is 1.36 bits per heavy atom. The van der Waals surface area contributed by atoms with Gasteiger partial charge in [-0.25, -0.2) is 0 Å². The predicted molar refractivity (Wildman–Crippen MR) is 178 cm³/mol. The number of benzene rings is 4. The number of carbonyl (C=O) groups excluding carboxylic acids is 4. The molecule has 8 rings (SSSR count). The van der Waals surface area contributed by atoms with Gasteiger partial charge < -0.3 is 9.97 Å². The molecule has 0 saturated carbocycles. The molecular formula is C37H34N4O4. The van der Waals surface area contributed by atoms with Crippen molar-refractivity contribution >= 4 is 78.0 Å². The first-order valence-electron chi connectivity index (χ1n) is 15.4. The van der Waals surface area contributed by atoms with Gasteiger partial charge in [-0.2, -0.15) is 0 Å². The average molecular weight is 599 g/mol. The van der Waals surface area contributed by atoms with Crippen molar-refractivity contribution in [2.75, 3.05) is 13.6 Å². The summed E-state index contributed by atoms with van der Waals surface area (Å²) in [6.45, 7) is 14.7. The number of hydrogen-bond donors (Lipinski definition) is 2. The van der Waals surface area contributed by atoms with Gasteiger partial charge in [0.05, 0.1) is 33.3 Å². The molecule has 45 heavy (non-hydrogen) atoms. The van der Waals surface area contributed by atoms with Crippen LogP contribution in [0.1, 0.15) is 101 Å². The maximum atomic E-state index is 14.5. The van der Waals surface area contributed by atoms with Crippen LogP contribution in [0.2, 0.25) is 0 Å². The summed E-state index contributed by atoms with van der Waals surface area (Å²) < 4.78 is 0. The normalized spacial score (nSPS) is 15.7. The van der Waals surface area contributed by atoms with E-state index in [1.807, 2.05) is 12.1 Å². The molecule has 0 radical (unpaired) electrons. The highest BCUT2D eigenvalue weighted by molar-refractivity contribution is 6.45. The van der Waals surface area contributed by atoms with Crippen molar-refractivity contribution in [1.29, 1.82) is 0 Å². The minimum atomic E-state index is -0.471. The van der Waals surface area contributed by atoms with E-state index in [1.54, 1.807) is 6.92 Å². The molecule has 4 heterocycles. The molecule has 0 unspecified atom stereocenters. The Labute approximate surface area is 259 Å². The number of imide groups is 2. The molecule has 0 fully saturated rings. The predicted octanol–water partition coefficient (Wildman–Crippen LogP) is 7.55. The standard InChI is InChI=1S/C37H34N4O4/c1-9-41-34(44)26-22-18-14-16(36(2,3)4)10-12-20(18)38-30(22)28-25-24(26)27(35(41)45)23-19-15-17(37(5,6)7)11-13-21(19)39-31(23)29(25)33(43)40(8)32(28)42/h10-15,38-39H,9H2,1-8H3. The smallest absolute Gasteiger partial charge is 0.263 e. The molecule has 4 aromatic carbocycles. The second kappa shape index (κ2) is 8.38. The lowest BCUT2D eigenvalue weighted by molar-refractivity contribution is 0.0612. The Morgan fingerprint density at radius 2 is 0.978 bits per heavy atom. The van der Waals surface area contributed by atoms with Crippen LogP contribution in [0.5, 0.6) is 0 Å². The lowest BCUT2D eigenvalue weighted by Gasteiger charge is -2.32. The van der Waals surface area contributed by atoms with Crippen LogP contribution >= 0.6 is 0 Å². The highest BCUT2D eigenvalue weighted by Gasteiger charge is 2.44. The zero-order valence-electron chi connectivity index (χ0n) is 26.7. The third-order valence-electron chi connectivity index (χ3n) is 9.85. The number of hydrogen-bond acceptors (Lipinski definition) is 4. The number of H-pyrrole nitrogens is 2. The third-order valence-corrected chi connectivity index (χ3v) is 9.85. The van der Waals surface area contributed by atoms with Crippen LogP contribution in [0.15, 0.2) is 36.4 Å². The Hall–Kier alpha value is -4.98. The van der Waals surface area contributed by atoms with Gasteiger partial charge in [0.1, 0.15) is 0 Å². The van der Waals surface area contributed by atoms with Crippen LogP contribution in [-0.2, 0) is 10.8 Å². The maximum absolute atomic E-state index is 14.5. The summed E-state index contributed by atoms with van der Waals surface area (Å²) in [7, 11) is 1.49. The van der Waals surface area contributed by atoms with E-state index in [0.29, 0.717) is 54.8 Å². The molecule has 0 atom stereocenters. The summed E-state index contributed by atoms with van der Waals surface area (Å²) in [5.74, 6) is -1.79. The van der Waals surface area contributed by atoms with Crippen LogP contribution in [0.3, 0.4) is 0 Å². The molecule has 8 heteroatoms. The van der Waals surface area contributed by atoms with Crippen molar-refractivity contribution in [3.05, 3.63) is 69.8 Å². The molecule has 2 N–H and O–H groups in total.